The summed E-state index contributed by atoms with van der Waals surface area (Å²) in [5.74, 6) is 0.888. The third-order valence-electron chi connectivity index (χ3n) is 2.37. The third-order valence-corrected chi connectivity index (χ3v) is 2.71. The highest BCUT2D eigenvalue weighted by atomic mass is 35.5. The van der Waals surface area contributed by atoms with Crippen molar-refractivity contribution in [2.24, 2.45) is 5.73 Å². The van der Waals surface area contributed by atoms with Crippen LogP contribution >= 0.6 is 11.6 Å². The Kier molecular flexibility index (Phi) is 3.04. The van der Waals surface area contributed by atoms with Crippen molar-refractivity contribution < 1.29 is 0 Å². The zero-order valence-electron chi connectivity index (χ0n) is 8.15. The van der Waals surface area contributed by atoms with E-state index < -0.39 is 0 Å². The summed E-state index contributed by atoms with van der Waals surface area (Å²) in [4.78, 5) is 7.27. The zero-order chi connectivity index (χ0) is 10.7. The molecule has 0 aliphatic carbocycles. The molecule has 0 spiro atoms. The molecule has 0 aliphatic rings. The predicted molar refractivity (Wildman–Crippen MR) is 60.9 cm³/mol. The van der Waals surface area contributed by atoms with E-state index in [1.807, 2.05) is 24.3 Å². The molecule has 0 amide bonds. The van der Waals surface area contributed by atoms with E-state index in [1.165, 1.54) is 0 Å². The lowest BCUT2D eigenvalue weighted by Gasteiger charge is -2.13. The largest absolute Gasteiger partial charge is 0.348 e. The van der Waals surface area contributed by atoms with E-state index in [0.29, 0.717) is 6.54 Å². The van der Waals surface area contributed by atoms with Crippen LogP contribution in [0.15, 0.2) is 36.7 Å². The Morgan fingerprint density at radius 1 is 1.40 bits per heavy atom. The Labute approximate surface area is 93.3 Å². The number of nitrogens with one attached hydrogen (secondary N) is 1. The average molecular weight is 222 g/mol. The Morgan fingerprint density at radius 2 is 2.20 bits per heavy atom. The van der Waals surface area contributed by atoms with Crippen LogP contribution in [0.25, 0.3) is 0 Å². The molecule has 1 atom stereocenters. The van der Waals surface area contributed by atoms with Crippen molar-refractivity contribution in [3.63, 3.8) is 0 Å². The summed E-state index contributed by atoms with van der Waals surface area (Å²) < 4.78 is 0. The monoisotopic (exact) mass is 221 g/mol. The van der Waals surface area contributed by atoms with Crippen LogP contribution in [0, 0.1) is 0 Å². The second-order valence-electron chi connectivity index (χ2n) is 3.28. The highest BCUT2D eigenvalue weighted by Crippen LogP contribution is 2.27. The maximum absolute atomic E-state index is 6.12. The van der Waals surface area contributed by atoms with E-state index in [-0.39, 0.29) is 5.92 Å². The van der Waals surface area contributed by atoms with Crippen LogP contribution < -0.4 is 5.73 Å². The summed E-state index contributed by atoms with van der Waals surface area (Å²) in [6.45, 7) is 0.483. The molecule has 0 fully saturated rings. The molecule has 4 heteroatoms. The van der Waals surface area contributed by atoms with Crippen LogP contribution in [-0.4, -0.2) is 16.5 Å². The fourth-order valence-electron chi connectivity index (χ4n) is 1.61. The maximum Gasteiger partial charge on any atom is 0.114 e. The molecule has 1 unspecified atom stereocenters. The van der Waals surface area contributed by atoms with Gasteiger partial charge in [0.2, 0.25) is 0 Å². The highest BCUT2D eigenvalue weighted by molar-refractivity contribution is 6.31. The first kappa shape index (κ1) is 10.2. The van der Waals surface area contributed by atoms with Gasteiger partial charge in [0.1, 0.15) is 5.82 Å². The van der Waals surface area contributed by atoms with Crippen molar-refractivity contribution in [2.45, 2.75) is 5.92 Å². The van der Waals surface area contributed by atoms with Crippen LogP contribution in [-0.2, 0) is 0 Å². The van der Waals surface area contributed by atoms with Crippen molar-refractivity contribution in [2.75, 3.05) is 6.54 Å². The van der Waals surface area contributed by atoms with Gasteiger partial charge in [-0.15, -0.1) is 0 Å². The normalized spacial score (nSPS) is 12.7. The molecule has 0 bridgehead atoms. The zero-order valence-corrected chi connectivity index (χ0v) is 8.91. The summed E-state index contributed by atoms with van der Waals surface area (Å²) in [5, 5.41) is 0.726. The van der Waals surface area contributed by atoms with Crippen molar-refractivity contribution in [1.82, 2.24) is 9.97 Å². The number of imidazole rings is 1. The standard InChI is InChI=1S/C11H12ClN3/c12-10-4-2-1-3-8(10)9(7-13)11-14-5-6-15-11/h1-6,9H,7,13H2,(H,14,15). The molecule has 78 valence electrons. The van der Waals surface area contributed by atoms with E-state index in [0.717, 1.165) is 16.4 Å². The molecule has 1 aromatic heterocycles. The number of hydrogen-bond acceptors (Lipinski definition) is 2. The molecule has 0 radical (unpaired) electrons. The number of hydrogen-bond donors (Lipinski definition) is 2. The molecule has 1 aromatic carbocycles. The number of rotatable bonds is 3. The van der Waals surface area contributed by atoms with Gasteiger partial charge >= 0.3 is 0 Å². The summed E-state index contributed by atoms with van der Waals surface area (Å²) >= 11 is 6.12. The van der Waals surface area contributed by atoms with Crippen LogP contribution in [0.5, 0.6) is 0 Å². The SMILES string of the molecule is NCC(c1ncc[nH]1)c1ccccc1Cl. The summed E-state index contributed by atoms with van der Waals surface area (Å²) in [5.41, 5.74) is 6.76. The van der Waals surface area contributed by atoms with Crippen LogP contribution in [0.2, 0.25) is 5.02 Å². The number of nitrogens with two attached hydrogens (primary N) is 1. The minimum atomic E-state index is 0.0358. The van der Waals surface area contributed by atoms with E-state index in [4.69, 9.17) is 17.3 Å². The second kappa shape index (κ2) is 4.47. The molecule has 2 aromatic rings. The molecule has 3 N–H and O–H groups in total. The van der Waals surface area contributed by atoms with Crippen molar-refractivity contribution in [1.29, 1.82) is 0 Å². The first-order valence-electron chi connectivity index (χ1n) is 4.76. The first-order chi connectivity index (χ1) is 7.33. The van der Waals surface area contributed by atoms with Gasteiger partial charge in [-0.05, 0) is 11.6 Å². The molecule has 2 rings (SSSR count). The van der Waals surface area contributed by atoms with Crippen molar-refractivity contribution in [3.05, 3.63) is 53.1 Å². The quantitative estimate of drug-likeness (QED) is 0.835. The fourth-order valence-corrected chi connectivity index (χ4v) is 1.88. The lowest BCUT2D eigenvalue weighted by atomic mass is 9.98. The lowest BCUT2D eigenvalue weighted by molar-refractivity contribution is 0.765. The number of aromatic nitrogens is 2. The Morgan fingerprint density at radius 3 is 2.80 bits per heavy atom. The van der Waals surface area contributed by atoms with Gasteiger partial charge in [-0.1, -0.05) is 29.8 Å². The Hall–Kier alpha value is -1.32. The smallest absolute Gasteiger partial charge is 0.114 e. The van der Waals surface area contributed by atoms with E-state index in [1.54, 1.807) is 12.4 Å². The maximum atomic E-state index is 6.12. The molecule has 3 nitrogen and oxygen atoms in total. The van der Waals surface area contributed by atoms with Crippen molar-refractivity contribution >= 4 is 11.6 Å². The molecular weight excluding hydrogens is 210 g/mol. The van der Waals surface area contributed by atoms with Gasteiger partial charge in [0.05, 0.1) is 5.92 Å². The van der Waals surface area contributed by atoms with Gasteiger partial charge < -0.3 is 10.7 Å². The third kappa shape index (κ3) is 2.03. The van der Waals surface area contributed by atoms with Gasteiger partial charge in [-0.2, -0.15) is 0 Å². The second-order valence-corrected chi connectivity index (χ2v) is 3.69. The summed E-state index contributed by atoms with van der Waals surface area (Å²) in [6.07, 6.45) is 3.50. The molecule has 0 aliphatic heterocycles. The molecule has 0 saturated heterocycles. The average Bonchev–Trinajstić information content (AvgIpc) is 2.75. The summed E-state index contributed by atoms with van der Waals surface area (Å²) in [6, 6.07) is 7.69. The molecule has 1 heterocycles. The number of nitrogens with zero attached hydrogens (tertiary/aromatic N) is 1. The van der Waals surface area contributed by atoms with E-state index >= 15 is 0 Å². The minimum Gasteiger partial charge on any atom is -0.348 e. The van der Waals surface area contributed by atoms with Crippen molar-refractivity contribution in [3.8, 4) is 0 Å². The summed E-state index contributed by atoms with van der Waals surface area (Å²) in [7, 11) is 0. The highest BCUT2D eigenvalue weighted by Gasteiger charge is 2.16. The Balaban J connectivity index is 2.40. The molecule has 15 heavy (non-hydrogen) atoms. The van der Waals surface area contributed by atoms with Gasteiger partial charge in [0.25, 0.3) is 0 Å². The lowest BCUT2D eigenvalue weighted by Crippen LogP contribution is -2.15. The Bertz CT molecular complexity index is 425. The topological polar surface area (TPSA) is 54.7 Å². The first-order valence-corrected chi connectivity index (χ1v) is 5.14. The van der Waals surface area contributed by atoms with Crippen LogP contribution in [0.3, 0.4) is 0 Å². The number of benzene rings is 1. The van der Waals surface area contributed by atoms with E-state index in [2.05, 4.69) is 9.97 Å². The van der Waals surface area contributed by atoms with Gasteiger partial charge in [-0.3, -0.25) is 0 Å². The fraction of sp³-hybridized carbons (Fsp3) is 0.182. The number of aromatic amines is 1. The van der Waals surface area contributed by atoms with Crippen LogP contribution in [0.4, 0.5) is 0 Å². The molecular formula is C11H12ClN3. The predicted octanol–water partition coefficient (Wildman–Crippen LogP) is 2.15. The minimum absolute atomic E-state index is 0.0358. The number of H-pyrrole nitrogens is 1. The molecule has 0 saturated carbocycles. The van der Waals surface area contributed by atoms with Gasteiger partial charge in [-0.25, -0.2) is 4.98 Å². The van der Waals surface area contributed by atoms with E-state index in [9.17, 15) is 0 Å². The van der Waals surface area contributed by atoms with Crippen LogP contribution in [0.1, 0.15) is 17.3 Å². The van der Waals surface area contributed by atoms with Gasteiger partial charge in [0.15, 0.2) is 0 Å². The number of halogens is 1. The van der Waals surface area contributed by atoms with Gasteiger partial charge in [0, 0.05) is 24.0 Å².